The predicted octanol–water partition coefficient (Wildman–Crippen LogP) is 4.49. The van der Waals surface area contributed by atoms with Gasteiger partial charge in [0, 0.05) is 17.6 Å². The van der Waals surface area contributed by atoms with Crippen LogP contribution in [0, 0.1) is 12.7 Å². The van der Waals surface area contributed by atoms with E-state index >= 15 is 0 Å². The Morgan fingerprint density at radius 2 is 1.80 bits per heavy atom. The van der Waals surface area contributed by atoms with Gasteiger partial charge in [0.15, 0.2) is 9.84 Å². The number of nitrogens with zero attached hydrogens (tertiary/aromatic N) is 1. The van der Waals surface area contributed by atoms with Gasteiger partial charge in [0.25, 0.3) is 0 Å². The molecule has 1 heterocycles. The van der Waals surface area contributed by atoms with E-state index in [2.05, 4.69) is 0 Å². The fourth-order valence-corrected chi connectivity index (χ4v) is 3.92. The molecule has 5 nitrogen and oxygen atoms in total. The van der Waals surface area contributed by atoms with Crippen molar-refractivity contribution in [3.05, 3.63) is 71.7 Å². The van der Waals surface area contributed by atoms with Crippen molar-refractivity contribution in [3.63, 3.8) is 0 Å². The van der Waals surface area contributed by atoms with Gasteiger partial charge in [-0.05, 0) is 60.9 Å². The summed E-state index contributed by atoms with van der Waals surface area (Å²) < 4.78 is 44.5. The summed E-state index contributed by atoms with van der Waals surface area (Å²) in [6.45, 7) is 4.15. The molecule has 0 amide bonds. The third-order valence-electron chi connectivity index (χ3n) is 4.80. The second kappa shape index (κ2) is 8.83. The van der Waals surface area contributed by atoms with Gasteiger partial charge in [-0.3, -0.25) is 4.79 Å². The highest BCUT2D eigenvalue weighted by atomic mass is 32.2. The second-order valence-electron chi connectivity index (χ2n) is 7.15. The molecule has 2 aromatic carbocycles. The van der Waals surface area contributed by atoms with Crippen molar-refractivity contribution < 1.29 is 22.3 Å². The molecule has 3 aromatic rings. The molecule has 0 radical (unpaired) electrons. The maximum atomic E-state index is 13.9. The molecule has 0 spiro atoms. The standard InChI is InChI=1S/C23H24FNO4S/c1-4-12-29-23(26)14-18-13-22(17-8-10-21(11-9-17)30(3,27)28)25(16(18)2)20-7-5-6-19(24)15-20/h5-11,13,15H,4,12,14H2,1-3H3. The number of carbonyl (C=O) groups is 1. The third-order valence-corrected chi connectivity index (χ3v) is 5.93. The van der Waals surface area contributed by atoms with Gasteiger partial charge in [-0.15, -0.1) is 0 Å². The molecule has 30 heavy (non-hydrogen) atoms. The van der Waals surface area contributed by atoms with Crippen LogP contribution in [-0.4, -0.2) is 31.8 Å². The van der Waals surface area contributed by atoms with E-state index in [1.165, 1.54) is 24.3 Å². The summed E-state index contributed by atoms with van der Waals surface area (Å²) in [6.07, 6.45) is 2.00. The van der Waals surface area contributed by atoms with Crippen LogP contribution in [0.1, 0.15) is 24.6 Å². The first kappa shape index (κ1) is 21.8. The van der Waals surface area contributed by atoms with Gasteiger partial charge < -0.3 is 9.30 Å². The van der Waals surface area contributed by atoms with Crippen LogP contribution in [-0.2, 0) is 25.8 Å². The van der Waals surface area contributed by atoms with Crippen LogP contribution < -0.4 is 0 Å². The fourth-order valence-electron chi connectivity index (χ4n) is 3.29. The minimum Gasteiger partial charge on any atom is -0.465 e. The van der Waals surface area contributed by atoms with Crippen LogP contribution in [0.15, 0.2) is 59.5 Å². The zero-order valence-electron chi connectivity index (χ0n) is 17.2. The number of ether oxygens (including phenoxy) is 1. The Hall–Kier alpha value is -2.93. The third kappa shape index (κ3) is 4.79. The van der Waals surface area contributed by atoms with E-state index in [1.807, 2.05) is 24.5 Å². The molecule has 7 heteroatoms. The van der Waals surface area contributed by atoms with Crippen LogP contribution in [0.2, 0.25) is 0 Å². The summed E-state index contributed by atoms with van der Waals surface area (Å²) in [4.78, 5) is 12.4. The minimum atomic E-state index is -3.32. The fraction of sp³-hybridized carbons (Fsp3) is 0.261. The number of aromatic nitrogens is 1. The normalized spacial score (nSPS) is 11.5. The maximum Gasteiger partial charge on any atom is 0.310 e. The van der Waals surface area contributed by atoms with Crippen LogP contribution in [0.4, 0.5) is 4.39 Å². The van der Waals surface area contributed by atoms with Crippen LogP contribution in [0.3, 0.4) is 0 Å². The van der Waals surface area contributed by atoms with Crippen molar-refractivity contribution in [1.82, 2.24) is 4.57 Å². The van der Waals surface area contributed by atoms with E-state index in [1.54, 1.807) is 24.3 Å². The molecule has 158 valence electrons. The largest absolute Gasteiger partial charge is 0.465 e. The molecule has 1 aromatic heterocycles. The topological polar surface area (TPSA) is 65.4 Å². The van der Waals surface area contributed by atoms with E-state index in [4.69, 9.17) is 4.74 Å². The molecule has 0 aliphatic heterocycles. The molecular formula is C23H24FNO4S. The number of benzene rings is 2. The number of hydrogen-bond donors (Lipinski definition) is 0. The number of carbonyl (C=O) groups excluding carboxylic acids is 1. The molecule has 3 rings (SSSR count). The summed E-state index contributed by atoms with van der Waals surface area (Å²) in [5.74, 6) is -0.696. The summed E-state index contributed by atoms with van der Waals surface area (Å²) in [6, 6.07) is 14.5. The van der Waals surface area contributed by atoms with E-state index in [0.717, 1.165) is 35.2 Å². The predicted molar refractivity (Wildman–Crippen MR) is 114 cm³/mol. The number of sulfone groups is 1. The Bertz CT molecular complexity index is 1160. The Morgan fingerprint density at radius 3 is 2.40 bits per heavy atom. The Balaban J connectivity index is 2.10. The zero-order valence-corrected chi connectivity index (χ0v) is 18.0. The van der Waals surface area contributed by atoms with Crippen LogP contribution in [0.25, 0.3) is 16.9 Å². The highest BCUT2D eigenvalue weighted by Gasteiger charge is 2.18. The number of rotatable bonds is 7. The summed E-state index contributed by atoms with van der Waals surface area (Å²) in [5, 5.41) is 0. The Labute approximate surface area is 176 Å². The van der Waals surface area contributed by atoms with E-state index in [-0.39, 0.29) is 23.1 Å². The molecule has 0 fully saturated rings. The van der Waals surface area contributed by atoms with Crippen molar-refractivity contribution in [3.8, 4) is 16.9 Å². The van der Waals surface area contributed by atoms with Crippen molar-refractivity contribution in [2.75, 3.05) is 12.9 Å². The zero-order chi connectivity index (χ0) is 21.9. The van der Waals surface area contributed by atoms with Gasteiger partial charge in [0.2, 0.25) is 0 Å². The lowest BCUT2D eigenvalue weighted by Gasteiger charge is -2.13. The molecule has 0 N–H and O–H groups in total. The first-order valence-electron chi connectivity index (χ1n) is 9.64. The lowest BCUT2D eigenvalue weighted by Crippen LogP contribution is -2.09. The average Bonchev–Trinajstić information content (AvgIpc) is 3.02. The van der Waals surface area contributed by atoms with E-state index in [0.29, 0.717) is 12.3 Å². The van der Waals surface area contributed by atoms with Crippen LogP contribution >= 0.6 is 0 Å². The number of halogens is 1. The van der Waals surface area contributed by atoms with Crippen LogP contribution in [0.5, 0.6) is 0 Å². The molecule has 0 bridgehead atoms. The Morgan fingerprint density at radius 1 is 1.10 bits per heavy atom. The monoisotopic (exact) mass is 429 g/mol. The highest BCUT2D eigenvalue weighted by molar-refractivity contribution is 7.90. The highest BCUT2D eigenvalue weighted by Crippen LogP contribution is 2.31. The summed E-state index contributed by atoms with van der Waals surface area (Å²) in [7, 11) is -3.32. The van der Waals surface area contributed by atoms with E-state index in [9.17, 15) is 17.6 Å². The van der Waals surface area contributed by atoms with Crippen molar-refractivity contribution >= 4 is 15.8 Å². The van der Waals surface area contributed by atoms with Crippen molar-refractivity contribution in [2.45, 2.75) is 31.6 Å². The maximum absolute atomic E-state index is 13.9. The van der Waals surface area contributed by atoms with Crippen molar-refractivity contribution in [2.24, 2.45) is 0 Å². The summed E-state index contributed by atoms with van der Waals surface area (Å²) >= 11 is 0. The van der Waals surface area contributed by atoms with Gasteiger partial charge in [0.1, 0.15) is 5.82 Å². The number of esters is 1. The molecule has 0 unspecified atom stereocenters. The average molecular weight is 430 g/mol. The quantitative estimate of drug-likeness (QED) is 0.519. The van der Waals surface area contributed by atoms with E-state index < -0.39 is 9.84 Å². The lowest BCUT2D eigenvalue weighted by molar-refractivity contribution is -0.142. The second-order valence-corrected chi connectivity index (χ2v) is 9.17. The summed E-state index contributed by atoms with van der Waals surface area (Å²) in [5.41, 5.74) is 3.65. The Kier molecular flexibility index (Phi) is 6.41. The lowest BCUT2D eigenvalue weighted by atomic mass is 10.1. The molecule has 0 saturated carbocycles. The molecule has 0 aliphatic rings. The van der Waals surface area contributed by atoms with Gasteiger partial charge in [-0.2, -0.15) is 0 Å². The SMILES string of the molecule is CCCOC(=O)Cc1cc(-c2ccc(S(C)(=O)=O)cc2)n(-c2cccc(F)c2)c1C. The first-order chi connectivity index (χ1) is 14.2. The molecule has 0 saturated heterocycles. The molecular weight excluding hydrogens is 405 g/mol. The van der Waals surface area contributed by atoms with Crippen molar-refractivity contribution in [1.29, 1.82) is 0 Å². The minimum absolute atomic E-state index is 0.0998. The van der Waals surface area contributed by atoms with Gasteiger partial charge in [0.05, 0.1) is 23.6 Å². The first-order valence-corrected chi connectivity index (χ1v) is 11.5. The van der Waals surface area contributed by atoms with Gasteiger partial charge in [-0.1, -0.05) is 25.1 Å². The van der Waals surface area contributed by atoms with Gasteiger partial charge in [-0.25, -0.2) is 12.8 Å². The molecule has 0 aliphatic carbocycles. The number of hydrogen-bond acceptors (Lipinski definition) is 4. The molecule has 0 atom stereocenters. The van der Waals surface area contributed by atoms with Gasteiger partial charge >= 0.3 is 5.97 Å². The smallest absolute Gasteiger partial charge is 0.310 e.